The minimum atomic E-state index is -0.456. The lowest BCUT2D eigenvalue weighted by molar-refractivity contribution is 0.625. The molecule has 1 N–H and O–H groups in total. The van der Waals surface area contributed by atoms with Gasteiger partial charge in [-0.1, -0.05) is 16.8 Å². The first-order valence-corrected chi connectivity index (χ1v) is 6.20. The molecule has 1 saturated carbocycles. The molecule has 1 fully saturated rings. The van der Waals surface area contributed by atoms with Crippen LogP contribution < -0.4 is 5.32 Å². The molecule has 0 radical (unpaired) electrons. The van der Waals surface area contributed by atoms with Crippen molar-refractivity contribution in [2.75, 3.05) is 0 Å². The van der Waals surface area contributed by atoms with Gasteiger partial charge in [0.25, 0.3) is 0 Å². The van der Waals surface area contributed by atoms with Gasteiger partial charge in [0.1, 0.15) is 5.82 Å². The van der Waals surface area contributed by atoms with E-state index < -0.39 is 5.82 Å². The Labute approximate surface area is 109 Å². The Bertz CT molecular complexity index is 565. The molecule has 94 valence electrons. The summed E-state index contributed by atoms with van der Waals surface area (Å²) in [5.74, 6) is -0.456. The van der Waals surface area contributed by atoms with Crippen molar-refractivity contribution in [3.05, 3.63) is 40.9 Å². The Balaban J connectivity index is 1.76. The van der Waals surface area contributed by atoms with Crippen LogP contribution in [0.1, 0.15) is 18.5 Å². The Morgan fingerprint density at radius 3 is 3.00 bits per heavy atom. The molecule has 4 nitrogen and oxygen atoms in total. The normalized spacial score (nSPS) is 15.0. The first-order chi connectivity index (χ1) is 8.72. The molecule has 0 saturated heterocycles. The molecule has 0 amide bonds. The Kier molecular flexibility index (Phi) is 3.01. The number of nitrogens with one attached hydrogen (secondary N) is 1. The minimum absolute atomic E-state index is 0.106. The highest BCUT2D eigenvalue weighted by atomic mass is 35.5. The van der Waals surface area contributed by atoms with E-state index in [-0.39, 0.29) is 5.02 Å². The Morgan fingerprint density at radius 1 is 1.44 bits per heavy atom. The fraction of sp³-hybridized carbons (Fsp3) is 0.333. The van der Waals surface area contributed by atoms with Crippen molar-refractivity contribution in [3.8, 4) is 5.69 Å². The molecule has 0 bridgehead atoms. The van der Waals surface area contributed by atoms with Gasteiger partial charge in [-0.15, -0.1) is 5.10 Å². The van der Waals surface area contributed by atoms with Gasteiger partial charge >= 0.3 is 0 Å². The van der Waals surface area contributed by atoms with Crippen molar-refractivity contribution in [2.24, 2.45) is 0 Å². The zero-order valence-corrected chi connectivity index (χ0v) is 10.4. The van der Waals surface area contributed by atoms with Crippen molar-refractivity contribution in [1.82, 2.24) is 20.3 Å². The van der Waals surface area contributed by atoms with Crippen molar-refractivity contribution >= 4 is 11.6 Å². The van der Waals surface area contributed by atoms with E-state index in [1.54, 1.807) is 16.9 Å². The molecule has 0 atom stereocenters. The van der Waals surface area contributed by atoms with Crippen molar-refractivity contribution < 1.29 is 4.39 Å². The summed E-state index contributed by atoms with van der Waals surface area (Å²) in [5, 5.41) is 11.5. The van der Waals surface area contributed by atoms with Crippen LogP contribution in [0.15, 0.2) is 24.4 Å². The summed E-state index contributed by atoms with van der Waals surface area (Å²) >= 11 is 5.63. The number of aromatic nitrogens is 3. The van der Waals surface area contributed by atoms with Gasteiger partial charge in [-0.05, 0) is 25.0 Å². The highest BCUT2D eigenvalue weighted by molar-refractivity contribution is 6.30. The maximum absolute atomic E-state index is 13.3. The largest absolute Gasteiger partial charge is 0.308 e. The van der Waals surface area contributed by atoms with E-state index in [1.807, 2.05) is 0 Å². The van der Waals surface area contributed by atoms with E-state index in [2.05, 4.69) is 15.6 Å². The Hall–Kier alpha value is -1.46. The van der Waals surface area contributed by atoms with E-state index >= 15 is 0 Å². The second kappa shape index (κ2) is 4.66. The predicted octanol–water partition coefficient (Wildman–Crippen LogP) is 2.31. The summed E-state index contributed by atoms with van der Waals surface area (Å²) in [7, 11) is 0. The molecule has 1 aliphatic rings. The fourth-order valence-electron chi connectivity index (χ4n) is 1.67. The molecule has 1 heterocycles. The van der Waals surface area contributed by atoms with Gasteiger partial charge in [-0.25, -0.2) is 9.07 Å². The van der Waals surface area contributed by atoms with Gasteiger partial charge in [-0.2, -0.15) is 0 Å². The minimum Gasteiger partial charge on any atom is -0.308 e. The number of halogens is 2. The summed E-state index contributed by atoms with van der Waals surface area (Å²) in [5.41, 5.74) is 1.46. The summed E-state index contributed by atoms with van der Waals surface area (Å²) in [4.78, 5) is 0. The highest BCUT2D eigenvalue weighted by Gasteiger charge is 2.20. The van der Waals surface area contributed by atoms with Gasteiger partial charge < -0.3 is 5.32 Å². The van der Waals surface area contributed by atoms with Crippen molar-refractivity contribution in [1.29, 1.82) is 0 Å². The third-order valence-corrected chi connectivity index (χ3v) is 3.16. The molecule has 0 aliphatic heterocycles. The average Bonchev–Trinajstić information content (AvgIpc) is 3.08. The number of hydrogen-bond acceptors (Lipinski definition) is 3. The monoisotopic (exact) mass is 266 g/mol. The third kappa shape index (κ3) is 2.52. The average molecular weight is 267 g/mol. The molecule has 1 aromatic heterocycles. The van der Waals surface area contributed by atoms with Crippen LogP contribution in [-0.2, 0) is 6.54 Å². The molecule has 0 unspecified atom stereocenters. The first-order valence-electron chi connectivity index (χ1n) is 5.82. The molecular formula is C12H12ClFN4. The predicted molar refractivity (Wildman–Crippen MR) is 66.2 cm³/mol. The van der Waals surface area contributed by atoms with E-state index in [9.17, 15) is 4.39 Å². The molecule has 18 heavy (non-hydrogen) atoms. The second-order valence-corrected chi connectivity index (χ2v) is 4.82. The van der Waals surface area contributed by atoms with Crippen molar-refractivity contribution in [3.63, 3.8) is 0 Å². The molecular weight excluding hydrogens is 255 g/mol. The zero-order valence-electron chi connectivity index (χ0n) is 9.61. The van der Waals surface area contributed by atoms with Crippen LogP contribution in [0.2, 0.25) is 5.02 Å². The van der Waals surface area contributed by atoms with E-state index in [0.29, 0.717) is 18.3 Å². The standard InChI is InChI=1S/C12H12ClFN4/c13-11-4-3-10(5-12(11)14)18-7-9(16-17-18)6-15-8-1-2-8/h3-5,7-8,15H,1-2,6H2. The lowest BCUT2D eigenvalue weighted by atomic mass is 10.3. The summed E-state index contributed by atoms with van der Waals surface area (Å²) < 4.78 is 14.9. The van der Waals surface area contributed by atoms with Crippen LogP contribution in [0.25, 0.3) is 5.69 Å². The molecule has 2 aromatic rings. The lowest BCUT2D eigenvalue weighted by Gasteiger charge is -2.01. The highest BCUT2D eigenvalue weighted by Crippen LogP contribution is 2.20. The maximum atomic E-state index is 13.3. The fourth-order valence-corrected chi connectivity index (χ4v) is 1.79. The quantitative estimate of drug-likeness (QED) is 0.923. The second-order valence-electron chi connectivity index (χ2n) is 4.41. The summed E-state index contributed by atoms with van der Waals surface area (Å²) in [6, 6.07) is 5.19. The first kappa shape index (κ1) is 11.6. The van der Waals surface area contributed by atoms with Gasteiger partial charge in [0.2, 0.25) is 0 Å². The SMILES string of the molecule is Fc1cc(-n2cc(CNC3CC3)nn2)ccc1Cl. The number of rotatable bonds is 4. The van der Waals surface area contributed by atoms with Crippen LogP contribution >= 0.6 is 11.6 Å². The number of nitrogens with zero attached hydrogens (tertiary/aromatic N) is 3. The lowest BCUT2D eigenvalue weighted by Crippen LogP contribution is -2.15. The maximum Gasteiger partial charge on any atom is 0.143 e. The smallest absolute Gasteiger partial charge is 0.143 e. The number of benzene rings is 1. The van der Waals surface area contributed by atoms with Crippen LogP contribution in [-0.4, -0.2) is 21.0 Å². The molecule has 0 spiro atoms. The molecule has 3 rings (SSSR count). The Morgan fingerprint density at radius 2 is 2.28 bits per heavy atom. The summed E-state index contributed by atoms with van der Waals surface area (Å²) in [6.07, 6.45) is 4.26. The number of hydrogen-bond donors (Lipinski definition) is 1. The van der Waals surface area contributed by atoms with Gasteiger partial charge in [0, 0.05) is 18.7 Å². The van der Waals surface area contributed by atoms with Crippen LogP contribution in [0, 0.1) is 5.82 Å². The van der Waals surface area contributed by atoms with Gasteiger partial charge in [-0.3, -0.25) is 0 Å². The van der Waals surface area contributed by atoms with Crippen LogP contribution in [0.4, 0.5) is 4.39 Å². The zero-order chi connectivity index (χ0) is 12.5. The molecule has 6 heteroatoms. The molecule has 1 aliphatic carbocycles. The van der Waals surface area contributed by atoms with Crippen molar-refractivity contribution in [2.45, 2.75) is 25.4 Å². The van der Waals surface area contributed by atoms with E-state index in [4.69, 9.17) is 11.6 Å². The van der Waals surface area contributed by atoms with E-state index in [0.717, 1.165) is 5.69 Å². The van der Waals surface area contributed by atoms with Gasteiger partial charge in [0.15, 0.2) is 0 Å². The van der Waals surface area contributed by atoms with Gasteiger partial charge in [0.05, 0.1) is 22.6 Å². The van der Waals surface area contributed by atoms with Crippen LogP contribution in [0.3, 0.4) is 0 Å². The topological polar surface area (TPSA) is 42.7 Å². The summed E-state index contributed by atoms with van der Waals surface area (Å²) in [6.45, 7) is 0.695. The van der Waals surface area contributed by atoms with E-state index in [1.165, 1.54) is 25.0 Å². The van der Waals surface area contributed by atoms with Crippen LogP contribution in [0.5, 0.6) is 0 Å². The third-order valence-electron chi connectivity index (χ3n) is 2.86. The molecule has 1 aromatic carbocycles.